The van der Waals surface area contributed by atoms with Crippen LogP contribution in [0.5, 0.6) is 0 Å². The first-order valence-corrected chi connectivity index (χ1v) is 13.0. The largest absolute Gasteiger partial charge is 0.343 e. The standard InChI is InChI=1S/C27H38FN5O3/c1-17-16-32(26(35)23-15-20-14-21(28)10-11-22(20)31(23)4)12-13-33(17)27(36)24(19-8-6-5-7-9-19)30-25(34)18(2)29-3/h10-11,14-15,17-19,24,29H,5-9,12-13,16H2,1-4H3,(H,30,34)/t17-,18?,24?/m1/s1. The first-order chi connectivity index (χ1) is 17.2. The number of rotatable bonds is 6. The topological polar surface area (TPSA) is 86.7 Å². The number of nitrogens with zero attached hydrogens (tertiary/aromatic N) is 3. The Labute approximate surface area is 212 Å². The van der Waals surface area contributed by atoms with Gasteiger partial charge < -0.3 is 25.0 Å². The summed E-state index contributed by atoms with van der Waals surface area (Å²) in [5.74, 6) is -0.569. The van der Waals surface area contributed by atoms with Gasteiger partial charge in [-0.2, -0.15) is 0 Å². The van der Waals surface area contributed by atoms with Gasteiger partial charge in [0.15, 0.2) is 0 Å². The number of hydrogen-bond acceptors (Lipinski definition) is 4. The third kappa shape index (κ3) is 5.26. The highest BCUT2D eigenvalue weighted by Gasteiger charge is 2.38. The maximum absolute atomic E-state index is 13.8. The fourth-order valence-corrected chi connectivity index (χ4v) is 5.59. The van der Waals surface area contributed by atoms with E-state index in [1.165, 1.54) is 12.1 Å². The summed E-state index contributed by atoms with van der Waals surface area (Å²) in [5, 5.41) is 6.67. The minimum Gasteiger partial charge on any atom is -0.343 e. The van der Waals surface area contributed by atoms with Crippen LogP contribution < -0.4 is 10.6 Å². The lowest BCUT2D eigenvalue weighted by atomic mass is 9.83. The highest BCUT2D eigenvalue weighted by atomic mass is 19.1. The maximum Gasteiger partial charge on any atom is 0.270 e. The van der Waals surface area contributed by atoms with Crippen LogP contribution in [0.1, 0.15) is 56.4 Å². The van der Waals surface area contributed by atoms with Crippen LogP contribution in [0.3, 0.4) is 0 Å². The van der Waals surface area contributed by atoms with Crippen LogP contribution in [0, 0.1) is 11.7 Å². The number of nitrogens with one attached hydrogen (secondary N) is 2. The average molecular weight is 500 g/mol. The van der Waals surface area contributed by atoms with Gasteiger partial charge in [-0.25, -0.2) is 4.39 Å². The van der Waals surface area contributed by atoms with E-state index in [4.69, 9.17) is 0 Å². The van der Waals surface area contributed by atoms with E-state index in [1.54, 1.807) is 42.6 Å². The summed E-state index contributed by atoms with van der Waals surface area (Å²) in [4.78, 5) is 43.4. The number of carbonyl (C=O) groups excluding carboxylic acids is 3. The van der Waals surface area contributed by atoms with Gasteiger partial charge in [-0.05, 0) is 63.9 Å². The zero-order chi connectivity index (χ0) is 26.0. The number of fused-ring (bicyclic) bond motifs is 1. The fraction of sp³-hybridized carbons (Fsp3) is 0.593. The molecule has 0 spiro atoms. The Kier molecular flexibility index (Phi) is 7.97. The van der Waals surface area contributed by atoms with Crippen LogP contribution in [0.2, 0.25) is 0 Å². The van der Waals surface area contributed by atoms with E-state index in [-0.39, 0.29) is 41.5 Å². The molecule has 2 aliphatic rings. The molecule has 1 aromatic carbocycles. The minimum absolute atomic E-state index is 0.0572. The Balaban J connectivity index is 1.48. The second kappa shape index (κ2) is 11.0. The van der Waals surface area contributed by atoms with Crippen molar-refractivity contribution in [2.45, 2.75) is 64.1 Å². The normalized spacial score (nSPS) is 20.9. The van der Waals surface area contributed by atoms with Crippen molar-refractivity contribution in [2.75, 3.05) is 26.7 Å². The number of amides is 3. The molecule has 0 radical (unpaired) electrons. The van der Waals surface area contributed by atoms with E-state index in [0.717, 1.165) is 37.6 Å². The summed E-state index contributed by atoms with van der Waals surface area (Å²) in [7, 11) is 3.53. The molecule has 8 nitrogen and oxygen atoms in total. The smallest absolute Gasteiger partial charge is 0.270 e. The molecule has 2 fully saturated rings. The molecule has 2 heterocycles. The van der Waals surface area contributed by atoms with Gasteiger partial charge in [0.1, 0.15) is 17.6 Å². The van der Waals surface area contributed by atoms with Crippen LogP contribution >= 0.6 is 0 Å². The lowest BCUT2D eigenvalue weighted by Crippen LogP contribution is -2.62. The molecule has 4 rings (SSSR count). The van der Waals surface area contributed by atoms with Crippen LogP contribution in [0.25, 0.3) is 10.9 Å². The summed E-state index contributed by atoms with van der Waals surface area (Å²) < 4.78 is 15.5. The van der Waals surface area contributed by atoms with Crippen molar-refractivity contribution in [1.82, 2.24) is 25.0 Å². The van der Waals surface area contributed by atoms with Crippen molar-refractivity contribution in [2.24, 2.45) is 13.0 Å². The zero-order valence-electron chi connectivity index (χ0n) is 21.7. The number of aromatic nitrogens is 1. The second-order valence-electron chi connectivity index (χ2n) is 10.3. The Morgan fingerprint density at radius 3 is 2.47 bits per heavy atom. The zero-order valence-corrected chi connectivity index (χ0v) is 21.7. The molecular formula is C27H38FN5O3. The summed E-state index contributed by atoms with van der Waals surface area (Å²) in [5.41, 5.74) is 1.29. The first kappa shape index (κ1) is 26.1. The predicted molar refractivity (Wildman–Crippen MR) is 137 cm³/mol. The van der Waals surface area contributed by atoms with E-state index in [2.05, 4.69) is 10.6 Å². The second-order valence-corrected chi connectivity index (χ2v) is 10.3. The quantitative estimate of drug-likeness (QED) is 0.640. The van der Waals surface area contributed by atoms with Crippen molar-refractivity contribution in [3.8, 4) is 0 Å². The molecule has 2 unspecified atom stereocenters. The third-order valence-corrected chi connectivity index (χ3v) is 7.93. The Bertz CT molecular complexity index is 1130. The van der Waals surface area contributed by atoms with Crippen molar-refractivity contribution < 1.29 is 18.8 Å². The molecule has 1 aromatic heterocycles. The molecule has 2 N–H and O–H groups in total. The van der Waals surface area contributed by atoms with Gasteiger partial charge in [0, 0.05) is 43.6 Å². The lowest BCUT2D eigenvalue weighted by Gasteiger charge is -2.43. The van der Waals surface area contributed by atoms with Gasteiger partial charge in [0.25, 0.3) is 5.91 Å². The average Bonchev–Trinajstić information content (AvgIpc) is 3.21. The van der Waals surface area contributed by atoms with E-state index >= 15 is 0 Å². The highest BCUT2D eigenvalue weighted by Crippen LogP contribution is 2.29. The predicted octanol–water partition coefficient (Wildman–Crippen LogP) is 2.66. The van der Waals surface area contributed by atoms with Gasteiger partial charge in [-0.3, -0.25) is 14.4 Å². The van der Waals surface area contributed by atoms with E-state index < -0.39 is 6.04 Å². The molecule has 1 aliphatic carbocycles. The SMILES string of the molecule is CNC(C)C(=O)NC(C(=O)N1CCN(C(=O)c2cc3cc(F)ccc3n2C)C[C@H]1C)C1CCCCC1. The lowest BCUT2D eigenvalue weighted by molar-refractivity contribution is -0.142. The van der Waals surface area contributed by atoms with Gasteiger partial charge in [-0.15, -0.1) is 0 Å². The number of hydrogen-bond donors (Lipinski definition) is 2. The van der Waals surface area contributed by atoms with Crippen LogP contribution in [-0.2, 0) is 16.6 Å². The van der Waals surface area contributed by atoms with Gasteiger partial charge in [0.2, 0.25) is 11.8 Å². The monoisotopic (exact) mass is 499 g/mol. The summed E-state index contributed by atoms with van der Waals surface area (Å²) >= 11 is 0. The number of aryl methyl sites for hydroxylation is 1. The molecular weight excluding hydrogens is 461 g/mol. The highest BCUT2D eigenvalue weighted by molar-refractivity contribution is 5.99. The van der Waals surface area contributed by atoms with E-state index in [1.807, 2.05) is 11.8 Å². The van der Waals surface area contributed by atoms with Crippen molar-refractivity contribution in [1.29, 1.82) is 0 Å². The number of halogens is 1. The molecule has 9 heteroatoms. The van der Waals surface area contributed by atoms with Crippen molar-refractivity contribution >= 4 is 28.6 Å². The number of piperazine rings is 1. The minimum atomic E-state index is -0.550. The molecule has 1 aliphatic heterocycles. The Hall–Kier alpha value is -2.94. The number of benzene rings is 1. The first-order valence-electron chi connectivity index (χ1n) is 13.0. The van der Waals surface area contributed by atoms with E-state index in [0.29, 0.717) is 30.7 Å². The molecule has 196 valence electrons. The Morgan fingerprint density at radius 2 is 1.81 bits per heavy atom. The van der Waals surface area contributed by atoms with Crippen molar-refractivity contribution in [3.63, 3.8) is 0 Å². The van der Waals surface area contributed by atoms with Crippen LogP contribution in [0.4, 0.5) is 4.39 Å². The molecule has 3 atom stereocenters. The molecule has 0 bridgehead atoms. The van der Waals surface area contributed by atoms with Crippen LogP contribution in [0.15, 0.2) is 24.3 Å². The fourth-order valence-electron chi connectivity index (χ4n) is 5.59. The maximum atomic E-state index is 13.8. The van der Waals surface area contributed by atoms with Crippen molar-refractivity contribution in [3.05, 3.63) is 35.8 Å². The Morgan fingerprint density at radius 1 is 1.08 bits per heavy atom. The molecule has 36 heavy (non-hydrogen) atoms. The summed E-state index contributed by atoms with van der Waals surface area (Å²) in [6.07, 6.45) is 5.16. The number of likely N-dealkylation sites (N-methyl/N-ethyl adjacent to an activating group) is 1. The molecule has 3 amide bonds. The third-order valence-electron chi connectivity index (χ3n) is 7.93. The van der Waals surface area contributed by atoms with Crippen LogP contribution in [-0.4, -0.2) is 76.9 Å². The van der Waals surface area contributed by atoms with E-state index in [9.17, 15) is 18.8 Å². The summed E-state index contributed by atoms with van der Waals surface area (Å²) in [6.45, 7) is 4.95. The van der Waals surface area contributed by atoms with Gasteiger partial charge in [-0.1, -0.05) is 19.3 Å². The van der Waals surface area contributed by atoms with Gasteiger partial charge >= 0.3 is 0 Å². The van der Waals surface area contributed by atoms with Gasteiger partial charge in [0.05, 0.1) is 6.04 Å². The molecule has 2 aromatic rings. The molecule has 1 saturated carbocycles. The molecule has 1 saturated heterocycles. The summed E-state index contributed by atoms with van der Waals surface area (Å²) in [6, 6.07) is 5.10. The number of carbonyl (C=O) groups is 3.